The van der Waals surface area contributed by atoms with Crippen molar-refractivity contribution in [3.05, 3.63) is 54.3 Å². The van der Waals surface area contributed by atoms with Crippen LogP contribution in [0.5, 0.6) is 0 Å². The van der Waals surface area contributed by atoms with Crippen LogP contribution in [-0.4, -0.2) is 68.4 Å². The minimum absolute atomic E-state index is 0.0267. The number of carbonyl (C=O) groups is 1. The zero-order valence-corrected chi connectivity index (χ0v) is 20.3. The molecule has 2 fully saturated rings. The Labute approximate surface area is 205 Å². The summed E-state index contributed by atoms with van der Waals surface area (Å²) < 4.78 is 0. The number of nitrogens with one attached hydrogen (secondary N) is 2. The highest BCUT2D eigenvalue weighted by Crippen LogP contribution is 2.36. The molecule has 1 aromatic carbocycles. The lowest BCUT2D eigenvalue weighted by atomic mass is 9.78. The molecule has 1 saturated heterocycles. The van der Waals surface area contributed by atoms with Gasteiger partial charge in [-0.25, -0.2) is 9.97 Å². The Balaban J connectivity index is 1.30. The molecule has 178 valence electrons. The first-order chi connectivity index (χ1) is 16.5. The number of H-pyrrole nitrogens is 1. The van der Waals surface area contributed by atoms with Crippen LogP contribution in [-0.2, 0) is 4.79 Å². The third-order valence-corrected chi connectivity index (χ3v) is 7.68. The number of benzene rings is 1. The highest BCUT2D eigenvalue weighted by molar-refractivity contribution is 6.33. The van der Waals surface area contributed by atoms with Gasteiger partial charge in [-0.2, -0.15) is 0 Å². The molecule has 0 spiro atoms. The molecule has 1 amide bonds. The molecule has 2 aliphatic rings. The van der Waals surface area contributed by atoms with Crippen LogP contribution < -0.4 is 5.32 Å². The van der Waals surface area contributed by atoms with Crippen molar-refractivity contribution in [1.29, 1.82) is 0 Å². The summed E-state index contributed by atoms with van der Waals surface area (Å²) in [6, 6.07) is 8.42. The number of anilines is 1. The number of rotatable bonds is 5. The van der Waals surface area contributed by atoms with Crippen molar-refractivity contribution in [3.63, 3.8) is 0 Å². The minimum atomic E-state index is 0.0267. The standard InChI is InChI=1S/C26H31ClN6O/c1-3-23(34)32-11-13-33(14-12-32)26(2)10-6-7-18(15-26)30-25-29-17-21(27)24(31-25)20-16-28-22-9-5-4-8-19(20)22/h3-5,8-9,16-18,28H,1,6-7,10-15H2,2H3,(H,29,30,31)/t18-,26+/m1/s1. The van der Waals surface area contributed by atoms with Crippen LogP contribution in [0.3, 0.4) is 0 Å². The lowest BCUT2D eigenvalue weighted by molar-refractivity contribution is -0.129. The lowest BCUT2D eigenvalue weighted by Gasteiger charge is -2.49. The molecule has 34 heavy (non-hydrogen) atoms. The van der Waals surface area contributed by atoms with Gasteiger partial charge < -0.3 is 15.2 Å². The van der Waals surface area contributed by atoms with E-state index in [0.717, 1.165) is 74.0 Å². The predicted molar refractivity (Wildman–Crippen MR) is 137 cm³/mol. The van der Waals surface area contributed by atoms with E-state index < -0.39 is 0 Å². The number of aromatic amines is 1. The second kappa shape index (κ2) is 9.39. The summed E-state index contributed by atoms with van der Waals surface area (Å²) >= 11 is 6.51. The molecular formula is C26H31ClN6O. The predicted octanol–water partition coefficient (Wildman–Crippen LogP) is 4.72. The molecule has 0 unspecified atom stereocenters. The Morgan fingerprint density at radius 3 is 2.88 bits per heavy atom. The van der Waals surface area contributed by atoms with Crippen molar-refractivity contribution in [1.82, 2.24) is 24.8 Å². The summed E-state index contributed by atoms with van der Waals surface area (Å²) in [7, 11) is 0. The van der Waals surface area contributed by atoms with E-state index in [9.17, 15) is 4.79 Å². The average Bonchev–Trinajstić information content (AvgIpc) is 3.29. The van der Waals surface area contributed by atoms with Crippen LogP contribution in [0.2, 0.25) is 5.02 Å². The fourth-order valence-corrected chi connectivity index (χ4v) is 5.74. The summed E-state index contributed by atoms with van der Waals surface area (Å²) in [5.74, 6) is 0.638. The highest BCUT2D eigenvalue weighted by atomic mass is 35.5. The number of hydrogen-bond donors (Lipinski definition) is 2. The molecule has 1 aliphatic heterocycles. The van der Waals surface area contributed by atoms with E-state index in [1.54, 1.807) is 6.20 Å². The average molecular weight is 479 g/mol. The van der Waals surface area contributed by atoms with Gasteiger partial charge in [0.1, 0.15) is 0 Å². The molecule has 2 aromatic heterocycles. The molecule has 1 saturated carbocycles. The number of halogens is 1. The van der Waals surface area contributed by atoms with Crippen molar-refractivity contribution >= 4 is 34.4 Å². The summed E-state index contributed by atoms with van der Waals surface area (Å²) in [5, 5.41) is 5.22. The van der Waals surface area contributed by atoms with Crippen molar-refractivity contribution in [2.75, 3.05) is 31.5 Å². The van der Waals surface area contributed by atoms with Crippen LogP contribution in [0.15, 0.2) is 49.3 Å². The van der Waals surface area contributed by atoms with Gasteiger partial charge in [-0.05, 0) is 44.7 Å². The normalized spacial score (nSPS) is 23.7. The third-order valence-electron chi connectivity index (χ3n) is 7.41. The van der Waals surface area contributed by atoms with Gasteiger partial charge in [-0.3, -0.25) is 9.69 Å². The van der Waals surface area contributed by atoms with Gasteiger partial charge in [-0.15, -0.1) is 0 Å². The van der Waals surface area contributed by atoms with E-state index in [1.807, 2.05) is 29.3 Å². The number of aromatic nitrogens is 3. The highest BCUT2D eigenvalue weighted by Gasteiger charge is 2.39. The molecule has 8 heteroatoms. The topological polar surface area (TPSA) is 77.2 Å². The quantitative estimate of drug-likeness (QED) is 0.519. The second-order valence-corrected chi connectivity index (χ2v) is 10.00. The Kier molecular flexibility index (Phi) is 6.32. The number of para-hydroxylation sites is 1. The van der Waals surface area contributed by atoms with Crippen molar-refractivity contribution in [3.8, 4) is 11.3 Å². The maximum absolute atomic E-state index is 11.9. The molecule has 3 aromatic rings. The Morgan fingerprint density at radius 2 is 2.09 bits per heavy atom. The van der Waals surface area contributed by atoms with Crippen LogP contribution in [0.4, 0.5) is 5.95 Å². The van der Waals surface area contributed by atoms with Crippen LogP contribution in [0.1, 0.15) is 32.6 Å². The first kappa shape index (κ1) is 22.9. The van der Waals surface area contributed by atoms with Crippen molar-refractivity contribution in [2.24, 2.45) is 0 Å². The summed E-state index contributed by atoms with van der Waals surface area (Å²) in [6.45, 7) is 9.27. The Hall–Kier alpha value is -2.90. The molecule has 5 rings (SSSR count). The summed E-state index contributed by atoms with van der Waals surface area (Å²) in [6.07, 6.45) is 9.44. The fraction of sp³-hybridized carbons (Fsp3) is 0.423. The Morgan fingerprint density at radius 1 is 1.29 bits per heavy atom. The first-order valence-electron chi connectivity index (χ1n) is 12.0. The Bertz CT molecular complexity index is 1200. The lowest BCUT2D eigenvalue weighted by Crippen LogP contribution is -2.59. The van der Waals surface area contributed by atoms with Gasteiger partial charge in [0.2, 0.25) is 11.9 Å². The summed E-state index contributed by atoms with van der Waals surface area (Å²) in [4.78, 5) is 29.0. The number of piperazine rings is 1. The maximum Gasteiger partial charge on any atom is 0.246 e. The van der Waals surface area contributed by atoms with Crippen LogP contribution in [0, 0.1) is 0 Å². The molecule has 0 radical (unpaired) electrons. The van der Waals surface area contributed by atoms with E-state index >= 15 is 0 Å². The van der Waals surface area contributed by atoms with Gasteiger partial charge >= 0.3 is 0 Å². The van der Waals surface area contributed by atoms with Crippen molar-refractivity contribution < 1.29 is 4.79 Å². The zero-order chi connectivity index (χ0) is 23.7. The number of carbonyl (C=O) groups excluding carboxylic acids is 1. The smallest absolute Gasteiger partial charge is 0.246 e. The van der Waals surface area contributed by atoms with Gasteiger partial charge in [0.25, 0.3) is 0 Å². The molecule has 2 atom stereocenters. The molecular weight excluding hydrogens is 448 g/mol. The molecule has 2 N–H and O–H groups in total. The molecule has 7 nitrogen and oxygen atoms in total. The first-order valence-corrected chi connectivity index (χ1v) is 12.4. The number of fused-ring (bicyclic) bond motifs is 1. The molecule has 0 bridgehead atoms. The fourth-order valence-electron chi connectivity index (χ4n) is 5.55. The van der Waals surface area contributed by atoms with Gasteiger partial charge in [0, 0.05) is 60.4 Å². The SMILES string of the molecule is C=CC(=O)N1CCN([C@@]2(C)CCC[C@@H](Nc3ncc(Cl)c(-c4c[nH]c5ccccc45)n3)C2)CC1. The zero-order valence-electron chi connectivity index (χ0n) is 19.6. The number of amides is 1. The summed E-state index contributed by atoms with van der Waals surface area (Å²) in [5.41, 5.74) is 2.86. The van der Waals surface area contributed by atoms with Gasteiger partial charge in [-0.1, -0.05) is 36.4 Å². The minimum Gasteiger partial charge on any atom is -0.360 e. The third kappa shape index (κ3) is 4.42. The number of nitrogens with zero attached hydrogens (tertiary/aromatic N) is 4. The largest absolute Gasteiger partial charge is 0.360 e. The van der Waals surface area contributed by atoms with E-state index in [0.29, 0.717) is 11.0 Å². The van der Waals surface area contributed by atoms with E-state index in [2.05, 4.69) is 39.8 Å². The molecule has 3 heterocycles. The molecule has 1 aliphatic carbocycles. The van der Waals surface area contributed by atoms with Gasteiger partial charge in [0.15, 0.2) is 0 Å². The van der Waals surface area contributed by atoms with E-state index in [1.165, 1.54) is 6.08 Å². The number of hydrogen-bond acceptors (Lipinski definition) is 5. The van der Waals surface area contributed by atoms with Crippen molar-refractivity contribution in [2.45, 2.75) is 44.2 Å². The second-order valence-electron chi connectivity index (χ2n) is 9.59. The van der Waals surface area contributed by atoms with E-state index in [4.69, 9.17) is 16.6 Å². The monoisotopic (exact) mass is 478 g/mol. The van der Waals surface area contributed by atoms with Gasteiger partial charge in [0.05, 0.1) is 16.9 Å². The van der Waals surface area contributed by atoms with Crippen LogP contribution in [0.25, 0.3) is 22.2 Å². The van der Waals surface area contributed by atoms with E-state index in [-0.39, 0.29) is 17.5 Å². The van der Waals surface area contributed by atoms with Crippen LogP contribution >= 0.6 is 11.6 Å². The maximum atomic E-state index is 11.9.